The highest BCUT2D eigenvalue weighted by molar-refractivity contribution is 7.92. The lowest BCUT2D eigenvalue weighted by Gasteiger charge is -2.18. The van der Waals surface area contributed by atoms with Crippen molar-refractivity contribution in [1.29, 1.82) is 0 Å². The molecule has 8 nitrogen and oxygen atoms in total. The van der Waals surface area contributed by atoms with E-state index in [1.807, 2.05) is 6.07 Å². The van der Waals surface area contributed by atoms with Gasteiger partial charge in [-0.25, -0.2) is 13.2 Å². The molecule has 28 heavy (non-hydrogen) atoms. The van der Waals surface area contributed by atoms with Crippen molar-refractivity contribution in [3.05, 3.63) is 51.9 Å². The second kappa shape index (κ2) is 6.23. The summed E-state index contributed by atoms with van der Waals surface area (Å²) in [6.45, 7) is 1.69. The van der Waals surface area contributed by atoms with Crippen LogP contribution in [0.4, 0.5) is 11.4 Å². The number of nitrogens with zero attached hydrogens (tertiary/aromatic N) is 2. The molecule has 1 amide bonds. The van der Waals surface area contributed by atoms with E-state index in [4.69, 9.17) is 0 Å². The molecule has 3 aromatic rings. The van der Waals surface area contributed by atoms with Crippen LogP contribution in [-0.4, -0.2) is 23.5 Å². The third kappa shape index (κ3) is 2.88. The third-order valence-electron chi connectivity index (χ3n) is 5.12. The van der Waals surface area contributed by atoms with Crippen molar-refractivity contribution in [1.82, 2.24) is 9.13 Å². The molecule has 0 aliphatic carbocycles. The van der Waals surface area contributed by atoms with Gasteiger partial charge in [0, 0.05) is 26.2 Å². The maximum absolute atomic E-state index is 13.0. The summed E-state index contributed by atoms with van der Waals surface area (Å²) in [7, 11) is -0.625. The fourth-order valence-corrected chi connectivity index (χ4v) is 4.86. The molecule has 146 valence electrons. The van der Waals surface area contributed by atoms with Gasteiger partial charge in [0.2, 0.25) is 5.91 Å². The lowest BCUT2D eigenvalue weighted by Crippen LogP contribution is -2.20. The third-order valence-corrected chi connectivity index (χ3v) is 6.64. The van der Waals surface area contributed by atoms with Gasteiger partial charge in [-0.2, -0.15) is 0 Å². The molecule has 2 heterocycles. The molecular weight excluding hydrogens is 380 g/mol. The predicted molar refractivity (Wildman–Crippen MR) is 107 cm³/mol. The number of carbonyl (C=O) groups excluding carboxylic acids is 1. The van der Waals surface area contributed by atoms with Gasteiger partial charge in [-0.1, -0.05) is 6.07 Å². The van der Waals surface area contributed by atoms with Crippen LogP contribution in [0.15, 0.2) is 40.0 Å². The Morgan fingerprint density at radius 2 is 1.68 bits per heavy atom. The number of benzene rings is 2. The molecule has 9 heteroatoms. The highest BCUT2D eigenvalue weighted by Gasteiger charge is 2.22. The number of carbonyl (C=O) groups is 1. The summed E-state index contributed by atoms with van der Waals surface area (Å²) in [4.78, 5) is 23.8. The van der Waals surface area contributed by atoms with Crippen molar-refractivity contribution in [2.24, 2.45) is 14.1 Å². The minimum absolute atomic E-state index is 0.0844. The van der Waals surface area contributed by atoms with Crippen molar-refractivity contribution in [2.45, 2.75) is 24.7 Å². The van der Waals surface area contributed by atoms with Crippen LogP contribution in [-0.2, 0) is 35.3 Å². The molecule has 0 atom stereocenters. The van der Waals surface area contributed by atoms with Crippen LogP contribution in [0.25, 0.3) is 11.0 Å². The number of aromatic nitrogens is 2. The van der Waals surface area contributed by atoms with Crippen LogP contribution in [0, 0.1) is 6.92 Å². The topological polar surface area (TPSA) is 102 Å². The van der Waals surface area contributed by atoms with E-state index in [0.717, 1.165) is 5.56 Å². The SMILES string of the molecule is Cc1cc2c(cc1S(=O)(=O)Nc1ccc3c(c1)NC(=O)CC3)n(C)c(=O)n2C. The van der Waals surface area contributed by atoms with E-state index in [1.54, 1.807) is 39.2 Å². The first-order chi connectivity index (χ1) is 13.2. The van der Waals surface area contributed by atoms with E-state index >= 15 is 0 Å². The maximum atomic E-state index is 13.0. The zero-order valence-corrected chi connectivity index (χ0v) is 16.6. The predicted octanol–water partition coefficient (Wildman–Crippen LogP) is 1.87. The quantitative estimate of drug-likeness (QED) is 0.701. The Hall–Kier alpha value is -3.07. The van der Waals surface area contributed by atoms with Gasteiger partial charge in [-0.05, 0) is 48.7 Å². The molecule has 2 aromatic carbocycles. The number of anilines is 2. The van der Waals surface area contributed by atoms with Crippen LogP contribution in [0.2, 0.25) is 0 Å². The van der Waals surface area contributed by atoms with Crippen LogP contribution in [0.1, 0.15) is 17.5 Å². The van der Waals surface area contributed by atoms with Gasteiger partial charge in [0.15, 0.2) is 0 Å². The molecule has 0 bridgehead atoms. The number of rotatable bonds is 3. The summed E-state index contributed by atoms with van der Waals surface area (Å²) in [6.07, 6.45) is 1.05. The second-order valence-electron chi connectivity index (χ2n) is 7.03. The Kier molecular flexibility index (Phi) is 4.07. The van der Waals surface area contributed by atoms with Crippen LogP contribution < -0.4 is 15.7 Å². The largest absolute Gasteiger partial charge is 0.328 e. The van der Waals surface area contributed by atoms with Gasteiger partial charge >= 0.3 is 5.69 Å². The summed E-state index contributed by atoms with van der Waals surface area (Å²) in [6, 6.07) is 8.31. The average molecular weight is 400 g/mol. The number of hydrogen-bond acceptors (Lipinski definition) is 4. The van der Waals surface area contributed by atoms with Gasteiger partial charge in [-0.3, -0.25) is 18.7 Å². The van der Waals surface area contributed by atoms with E-state index in [0.29, 0.717) is 40.8 Å². The minimum Gasteiger partial charge on any atom is -0.326 e. The molecule has 0 fully saturated rings. The number of sulfonamides is 1. The van der Waals surface area contributed by atoms with Crippen molar-refractivity contribution in [3.8, 4) is 0 Å². The normalized spacial score (nSPS) is 14.0. The lowest BCUT2D eigenvalue weighted by molar-refractivity contribution is -0.116. The fourth-order valence-electron chi connectivity index (χ4n) is 3.57. The Morgan fingerprint density at radius 3 is 2.39 bits per heavy atom. The van der Waals surface area contributed by atoms with E-state index in [-0.39, 0.29) is 16.5 Å². The van der Waals surface area contributed by atoms with Gasteiger partial charge < -0.3 is 5.32 Å². The molecule has 4 rings (SSSR count). The van der Waals surface area contributed by atoms with Gasteiger partial charge in [-0.15, -0.1) is 0 Å². The molecule has 2 N–H and O–H groups in total. The van der Waals surface area contributed by atoms with Crippen molar-refractivity contribution in [2.75, 3.05) is 10.0 Å². The van der Waals surface area contributed by atoms with E-state index in [9.17, 15) is 18.0 Å². The number of fused-ring (bicyclic) bond motifs is 2. The Balaban J connectivity index is 1.76. The van der Waals surface area contributed by atoms with Crippen molar-refractivity contribution in [3.63, 3.8) is 0 Å². The number of aryl methyl sites for hydroxylation is 4. The minimum atomic E-state index is -3.88. The van der Waals surface area contributed by atoms with Gasteiger partial charge in [0.25, 0.3) is 10.0 Å². The first kappa shape index (κ1) is 18.3. The summed E-state index contributed by atoms with van der Waals surface area (Å²) >= 11 is 0. The summed E-state index contributed by atoms with van der Waals surface area (Å²) in [5, 5.41) is 2.76. The van der Waals surface area contributed by atoms with E-state index in [1.165, 1.54) is 15.2 Å². The van der Waals surface area contributed by atoms with Crippen LogP contribution >= 0.6 is 0 Å². The smallest absolute Gasteiger partial charge is 0.326 e. The molecule has 0 unspecified atom stereocenters. The molecule has 1 aromatic heterocycles. The standard InChI is InChI=1S/C19H20N4O4S/c1-11-8-15-16(23(3)19(25)22(15)2)10-17(11)28(26,27)21-13-6-4-12-5-7-18(24)20-14(12)9-13/h4,6,8-10,21H,5,7H2,1-3H3,(H,20,24). The van der Waals surface area contributed by atoms with Crippen molar-refractivity contribution >= 4 is 38.3 Å². The Bertz CT molecular complexity index is 1300. The molecule has 0 saturated heterocycles. The average Bonchev–Trinajstić information content (AvgIpc) is 2.84. The van der Waals surface area contributed by atoms with Gasteiger partial charge in [0.1, 0.15) is 0 Å². The summed E-state index contributed by atoms with van der Waals surface area (Å²) < 4.78 is 31.5. The molecule has 1 aliphatic heterocycles. The second-order valence-corrected chi connectivity index (χ2v) is 8.68. The summed E-state index contributed by atoms with van der Waals surface area (Å²) in [5.41, 5.74) is 3.47. The Labute approximate surface area is 161 Å². The summed E-state index contributed by atoms with van der Waals surface area (Å²) in [5.74, 6) is -0.0844. The Morgan fingerprint density at radius 1 is 1.00 bits per heavy atom. The fraction of sp³-hybridized carbons (Fsp3) is 0.263. The van der Waals surface area contributed by atoms with Crippen molar-refractivity contribution < 1.29 is 13.2 Å². The highest BCUT2D eigenvalue weighted by Crippen LogP contribution is 2.29. The number of hydrogen-bond donors (Lipinski definition) is 2. The maximum Gasteiger partial charge on any atom is 0.328 e. The van der Waals surface area contributed by atoms with Gasteiger partial charge in [0.05, 0.1) is 21.6 Å². The van der Waals surface area contributed by atoms with Crippen LogP contribution in [0.5, 0.6) is 0 Å². The molecular formula is C19H20N4O4S. The molecule has 0 spiro atoms. The number of imidazole rings is 1. The number of nitrogens with one attached hydrogen (secondary N) is 2. The zero-order chi connectivity index (χ0) is 20.2. The lowest BCUT2D eigenvalue weighted by atomic mass is 10.0. The van der Waals surface area contributed by atoms with E-state index < -0.39 is 10.0 Å². The first-order valence-electron chi connectivity index (χ1n) is 8.79. The van der Waals surface area contributed by atoms with Crippen LogP contribution in [0.3, 0.4) is 0 Å². The molecule has 1 aliphatic rings. The zero-order valence-electron chi connectivity index (χ0n) is 15.7. The first-order valence-corrected chi connectivity index (χ1v) is 10.3. The molecule has 0 radical (unpaired) electrons. The highest BCUT2D eigenvalue weighted by atomic mass is 32.2. The monoisotopic (exact) mass is 400 g/mol. The van der Waals surface area contributed by atoms with E-state index in [2.05, 4.69) is 10.0 Å². The molecule has 0 saturated carbocycles. The number of amides is 1.